The number of hydrogen-bond acceptors (Lipinski definition) is 6. The molecule has 0 saturated carbocycles. The number of piperazine rings is 1. The Labute approximate surface area is 187 Å². The zero-order valence-electron chi connectivity index (χ0n) is 16.7. The summed E-state index contributed by atoms with van der Waals surface area (Å²) < 4.78 is 76.3. The van der Waals surface area contributed by atoms with Crippen molar-refractivity contribution in [3.63, 3.8) is 0 Å². The van der Waals surface area contributed by atoms with Crippen molar-refractivity contribution in [1.82, 2.24) is 9.88 Å². The minimum atomic E-state index is -4.73. The van der Waals surface area contributed by atoms with Crippen LogP contribution in [0.5, 0.6) is 0 Å². The Kier molecular flexibility index (Phi) is 7.05. The molecule has 1 fully saturated rings. The molecule has 1 aromatic heterocycles. The van der Waals surface area contributed by atoms with Gasteiger partial charge in [0.25, 0.3) is 5.69 Å². The van der Waals surface area contributed by atoms with Crippen molar-refractivity contribution in [2.75, 3.05) is 36.8 Å². The Hall–Kier alpha value is -3.03. The number of hydrogen-bond donors (Lipinski definition) is 0. The number of pyridine rings is 1. The Morgan fingerprint density at radius 1 is 1.00 bits per heavy atom. The molecule has 33 heavy (non-hydrogen) atoms. The topological polar surface area (TPSA) is 79.6 Å². The Balaban J connectivity index is 1.57. The number of anilines is 1. The molecule has 0 unspecified atom stereocenters. The van der Waals surface area contributed by atoms with E-state index < -0.39 is 34.1 Å². The molecule has 14 heteroatoms. The molecule has 0 aliphatic carbocycles. The molecule has 1 saturated heterocycles. The van der Waals surface area contributed by atoms with Crippen LogP contribution in [-0.4, -0.2) is 52.6 Å². The highest BCUT2D eigenvalue weighted by Gasteiger charge is 2.33. The SMILES string of the molecule is O=C(CSc1ccc(C(F)(F)F)cc1[N+](=O)[O-])N1CCN(c2ccc(C(F)(F)F)cn2)CC1. The van der Waals surface area contributed by atoms with Gasteiger partial charge < -0.3 is 9.80 Å². The van der Waals surface area contributed by atoms with E-state index in [-0.39, 0.29) is 29.6 Å². The Morgan fingerprint density at radius 2 is 1.61 bits per heavy atom. The maximum Gasteiger partial charge on any atom is 0.417 e. The number of halogens is 6. The monoisotopic (exact) mass is 494 g/mol. The van der Waals surface area contributed by atoms with Crippen LogP contribution in [0, 0.1) is 10.1 Å². The largest absolute Gasteiger partial charge is 0.417 e. The maximum absolute atomic E-state index is 12.8. The molecule has 178 valence electrons. The van der Waals surface area contributed by atoms with Crippen LogP contribution in [0.3, 0.4) is 0 Å². The molecule has 2 heterocycles. The van der Waals surface area contributed by atoms with Gasteiger partial charge in [-0.1, -0.05) is 0 Å². The average molecular weight is 494 g/mol. The third-order valence-electron chi connectivity index (χ3n) is 4.87. The van der Waals surface area contributed by atoms with Crippen molar-refractivity contribution in [1.29, 1.82) is 0 Å². The molecule has 1 aliphatic heterocycles. The first-order valence-electron chi connectivity index (χ1n) is 9.40. The summed E-state index contributed by atoms with van der Waals surface area (Å²) in [5.74, 6) is -0.246. The van der Waals surface area contributed by atoms with Gasteiger partial charge in [0, 0.05) is 38.4 Å². The number of benzene rings is 1. The highest BCUT2D eigenvalue weighted by atomic mass is 32.2. The normalized spacial score (nSPS) is 15.0. The predicted octanol–water partition coefficient (Wildman–Crippen LogP) is 4.47. The first kappa shape index (κ1) is 24.6. The van der Waals surface area contributed by atoms with Crippen LogP contribution in [0.2, 0.25) is 0 Å². The second-order valence-corrected chi connectivity index (χ2v) is 8.01. The predicted molar refractivity (Wildman–Crippen MR) is 107 cm³/mol. The molecule has 0 atom stereocenters. The van der Waals surface area contributed by atoms with E-state index in [1.165, 1.54) is 11.0 Å². The molecular weight excluding hydrogens is 478 g/mol. The fourth-order valence-corrected chi connectivity index (χ4v) is 4.02. The van der Waals surface area contributed by atoms with Crippen molar-refractivity contribution in [2.45, 2.75) is 17.2 Å². The molecular formula is C19H16F6N4O3S. The van der Waals surface area contributed by atoms with Crippen molar-refractivity contribution >= 4 is 29.2 Å². The van der Waals surface area contributed by atoms with E-state index in [2.05, 4.69) is 4.98 Å². The van der Waals surface area contributed by atoms with Crippen molar-refractivity contribution < 1.29 is 36.1 Å². The van der Waals surface area contributed by atoms with Crippen LogP contribution in [0.25, 0.3) is 0 Å². The minimum Gasteiger partial charge on any atom is -0.353 e. The van der Waals surface area contributed by atoms with Gasteiger partial charge in [-0.05, 0) is 24.3 Å². The maximum atomic E-state index is 12.8. The van der Waals surface area contributed by atoms with E-state index in [1.807, 2.05) is 0 Å². The van der Waals surface area contributed by atoms with Crippen molar-refractivity contribution in [3.8, 4) is 0 Å². The van der Waals surface area contributed by atoms with E-state index >= 15 is 0 Å². The van der Waals surface area contributed by atoms with Gasteiger partial charge in [0.05, 0.1) is 26.7 Å². The summed E-state index contributed by atoms with van der Waals surface area (Å²) in [5, 5.41) is 11.1. The fraction of sp³-hybridized carbons (Fsp3) is 0.368. The van der Waals surface area contributed by atoms with E-state index in [0.29, 0.717) is 25.0 Å². The third kappa shape index (κ3) is 6.06. The Bertz CT molecular complexity index is 1020. The number of nitro benzene ring substituents is 1. The van der Waals surface area contributed by atoms with Crippen molar-refractivity contribution in [3.05, 3.63) is 57.8 Å². The fourth-order valence-electron chi connectivity index (χ4n) is 3.11. The molecule has 2 aromatic rings. The number of aromatic nitrogens is 1. The number of nitro groups is 1. The summed E-state index contributed by atoms with van der Waals surface area (Å²) in [7, 11) is 0. The zero-order chi connectivity index (χ0) is 24.4. The summed E-state index contributed by atoms with van der Waals surface area (Å²) in [6.45, 7) is 1.12. The van der Waals surface area contributed by atoms with Gasteiger partial charge in [0.15, 0.2) is 0 Å². The van der Waals surface area contributed by atoms with Gasteiger partial charge in [0.2, 0.25) is 5.91 Å². The van der Waals surface area contributed by atoms with Crippen molar-refractivity contribution in [2.24, 2.45) is 0 Å². The van der Waals surface area contributed by atoms with Gasteiger partial charge in [-0.3, -0.25) is 14.9 Å². The molecule has 7 nitrogen and oxygen atoms in total. The molecule has 1 amide bonds. The van der Waals surface area contributed by atoms with Gasteiger partial charge in [-0.2, -0.15) is 26.3 Å². The van der Waals surface area contributed by atoms with Crippen LogP contribution >= 0.6 is 11.8 Å². The summed E-state index contributed by atoms with van der Waals surface area (Å²) in [6, 6.07) is 4.29. The number of alkyl halides is 6. The van der Waals surface area contributed by atoms with Gasteiger partial charge in [0.1, 0.15) is 5.82 Å². The molecule has 0 radical (unpaired) electrons. The molecule has 1 aliphatic rings. The highest BCUT2D eigenvalue weighted by Crippen LogP contribution is 2.36. The first-order chi connectivity index (χ1) is 15.4. The zero-order valence-corrected chi connectivity index (χ0v) is 17.5. The second-order valence-electron chi connectivity index (χ2n) is 7.00. The second kappa shape index (κ2) is 9.45. The minimum absolute atomic E-state index is 0.0612. The number of thioether (sulfide) groups is 1. The number of amides is 1. The summed E-state index contributed by atoms with van der Waals surface area (Å²) in [5.41, 5.74) is -2.76. The standard InChI is InChI=1S/C19H16F6N4O3S/c20-18(21,22)12-1-3-15(14(9-12)29(31)32)33-11-17(30)28-7-5-27(6-8-28)16-4-2-13(10-26-16)19(23,24)25/h1-4,9-10H,5-8,11H2. The number of rotatable bonds is 5. The smallest absolute Gasteiger partial charge is 0.353 e. The van der Waals surface area contributed by atoms with E-state index in [9.17, 15) is 41.3 Å². The van der Waals surface area contributed by atoms with Gasteiger partial charge in [-0.25, -0.2) is 4.98 Å². The lowest BCUT2D eigenvalue weighted by Gasteiger charge is -2.35. The van der Waals surface area contributed by atoms with Crippen LogP contribution in [0.15, 0.2) is 41.4 Å². The average Bonchev–Trinajstić information content (AvgIpc) is 2.76. The quantitative estimate of drug-likeness (QED) is 0.264. The third-order valence-corrected chi connectivity index (χ3v) is 5.91. The summed E-state index contributed by atoms with van der Waals surface area (Å²) in [4.78, 5) is 29.6. The van der Waals surface area contributed by atoms with Crippen LogP contribution in [-0.2, 0) is 17.1 Å². The Morgan fingerprint density at radius 3 is 2.12 bits per heavy atom. The van der Waals surface area contributed by atoms with Gasteiger partial charge in [-0.15, -0.1) is 11.8 Å². The van der Waals surface area contributed by atoms with E-state index in [4.69, 9.17) is 0 Å². The molecule has 1 aromatic carbocycles. The lowest BCUT2D eigenvalue weighted by Crippen LogP contribution is -2.49. The summed E-state index contributed by atoms with van der Waals surface area (Å²) in [6.07, 6.45) is -8.48. The summed E-state index contributed by atoms with van der Waals surface area (Å²) >= 11 is 0.765. The van der Waals surface area contributed by atoms with Crippen LogP contribution in [0.1, 0.15) is 11.1 Å². The van der Waals surface area contributed by atoms with E-state index in [0.717, 1.165) is 36.2 Å². The van der Waals surface area contributed by atoms with Crippen LogP contribution in [0.4, 0.5) is 37.8 Å². The van der Waals surface area contributed by atoms with Crippen LogP contribution < -0.4 is 4.90 Å². The number of carbonyl (C=O) groups excluding carboxylic acids is 1. The van der Waals surface area contributed by atoms with Gasteiger partial charge >= 0.3 is 12.4 Å². The molecule has 0 N–H and O–H groups in total. The molecule has 0 bridgehead atoms. The lowest BCUT2D eigenvalue weighted by atomic mass is 10.2. The number of carbonyl (C=O) groups is 1. The lowest BCUT2D eigenvalue weighted by molar-refractivity contribution is -0.388. The molecule has 3 rings (SSSR count). The highest BCUT2D eigenvalue weighted by molar-refractivity contribution is 8.00. The van der Waals surface area contributed by atoms with E-state index in [1.54, 1.807) is 4.90 Å². The first-order valence-corrected chi connectivity index (χ1v) is 10.4. The number of nitrogens with zero attached hydrogens (tertiary/aromatic N) is 4. The molecule has 0 spiro atoms.